The lowest BCUT2D eigenvalue weighted by Gasteiger charge is -2.29. The highest BCUT2D eigenvalue weighted by atomic mass is 79.9. The number of piperidine rings is 1. The molecular weight excluding hydrogens is 410 g/mol. The first kappa shape index (κ1) is 18.1. The fraction of sp³-hybridized carbons (Fsp3) is 0.438. The van der Waals surface area contributed by atoms with Crippen LogP contribution in [0.4, 0.5) is 4.79 Å². The number of carboxylic acid groups (broad SMARTS) is 1. The molecule has 0 saturated carbocycles. The van der Waals surface area contributed by atoms with Crippen molar-refractivity contribution in [2.75, 3.05) is 20.2 Å². The van der Waals surface area contributed by atoms with Crippen molar-refractivity contribution >= 4 is 44.7 Å². The fourth-order valence-corrected chi connectivity index (χ4v) is 4.39. The molecule has 25 heavy (non-hydrogen) atoms. The van der Waals surface area contributed by atoms with Gasteiger partial charge in [0.25, 0.3) is 5.56 Å². The summed E-state index contributed by atoms with van der Waals surface area (Å²) in [5.41, 5.74) is 0.430. The van der Waals surface area contributed by atoms with Crippen LogP contribution in [0.25, 0.3) is 10.9 Å². The summed E-state index contributed by atoms with van der Waals surface area (Å²) in [6.07, 6.45) is 0.777. The van der Waals surface area contributed by atoms with E-state index in [1.54, 1.807) is 31.0 Å². The minimum Gasteiger partial charge on any atom is -0.496 e. The number of nitrogens with zero attached hydrogens (tertiary/aromatic N) is 2. The minimum absolute atomic E-state index is 0.188. The van der Waals surface area contributed by atoms with Crippen molar-refractivity contribution in [3.63, 3.8) is 0 Å². The van der Waals surface area contributed by atoms with E-state index in [0.717, 1.165) is 17.3 Å². The number of benzene rings is 1. The predicted molar refractivity (Wildman–Crippen MR) is 101 cm³/mol. The van der Waals surface area contributed by atoms with Crippen molar-refractivity contribution < 1.29 is 14.6 Å². The Morgan fingerprint density at radius 1 is 1.48 bits per heavy atom. The Labute approximate surface area is 156 Å². The summed E-state index contributed by atoms with van der Waals surface area (Å²) in [6, 6.07) is 3.45. The smallest absolute Gasteiger partial charge is 0.407 e. The molecule has 2 N–H and O–H groups in total. The van der Waals surface area contributed by atoms with Gasteiger partial charge in [0.05, 0.1) is 28.2 Å². The van der Waals surface area contributed by atoms with Gasteiger partial charge in [0.2, 0.25) is 0 Å². The van der Waals surface area contributed by atoms with Gasteiger partial charge in [0.15, 0.2) is 0 Å². The number of halogens is 1. The normalized spacial score (nSPS) is 15.5. The standard InChI is InChI=1S/C16H18BrN3O4S/c1-24-13-6-10-12(7-11(13)17)18-14(19-15(10)21)8-25-9-2-4-20(5-3-9)16(22)23/h6-7,9H,2-5,8H2,1H3,(H,22,23)(H,18,19,21). The monoisotopic (exact) mass is 427 g/mol. The molecule has 3 rings (SSSR count). The Bertz CT molecular complexity index is 849. The summed E-state index contributed by atoms with van der Waals surface area (Å²) in [7, 11) is 1.55. The quantitative estimate of drug-likeness (QED) is 0.777. The Balaban J connectivity index is 1.70. The van der Waals surface area contributed by atoms with Gasteiger partial charge in [-0.3, -0.25) is 4.79 Å². The number of rotatable bonds is 4. The van der Waals surface area contributed by atoms with E-state index in [-0.39, 0.29) is 5.56 Å². The van der Waals surface area contributed by atoms with E-state index in [4.69, 9.17) is 9.84 Å². The van der Waals surface area contributed by atoms with Gasteiger partial charge in [-0.1, -0.05) is 0 Å². The van der Waals surface area contributed by atoms with Crippen LogP contribution >= 0.6 is 27.7 Å². The maximum absolute atomic E-state index is 12.3. The number of methoxy groups -OCH3 is 1. The molecule has 1 aliphatic rings. The minimum atomic E-state index is -0.856. The molecule has 0 unspecified atom stereocenters. The Morgan fingerprint density at radius 3 is 2.84 bits per heavy atom. The average molecular weight is 428 g/mol. The van der Waals surface area contributed by atoms with Crippen molar-refractivity contribution in [2.45, 2.75) is 23.8 Å². The lowest BCUT2D eigenvalue weighted by atomic mass is 10.1. The Morgan fingerprint density at radius 2 is 2.20 bits per heavy atom. The summed E-state index contributed by atoms with van der Waals surface area (Å²) >= 11 is 5.12. The highest BCUT2D eigenvalue weighted by Crippen LogP contribution is 2.29. The molecular formula is C16H18BrN3O4S. The maximum atomic E-state index is 12.3. The molecule has 9 heteroatoms. The van der Waals surface area contributed by atoms with E-state index in [2.05, 4.69) is 25.9 Å². The van der Waals surface area contributed by atoms with Gasteiger partial charge in [-0.15, -0.1) is 0 Å². The zero-order valence-corrected chi connectivity index (χ0v) is 16.0. The Kier molecular flexibility index (Phi) is 5.53. The number of hydrogen-bond acceptors (Lipinski definition) is 5. The molecule has 0 atom stereocenters. The second-order valence-electron chi connectivity index (χ2n) is 5.80. The van der Waals surface area contributed by atoms with Gasteiger partial charge < -0.3 is 19.7 Å². The number of H-pyrrole nitrogens is 1. The maximum Gasteiger partial charge on any atom is 0.407 e. The summed E-state index contributed by atoms with van der Waals surface area (Å²) in [6.45, 7) is 1.11. The third-order valence-electron chi connectivity index (χ3n) is 4.20. The fourth-order valence-electron chi connectivity index (χ4n) is 2.82. The zero-order chi connectivity index (χ0) is 18.0. The summed E-state index contributed by atoms with van der Waals surface area (Å²) in [4.78, 5) is 32.0. The Hall–Kier alpha value is -1.74. The van der Waals surface area contributed by atoms with E-state index in [9.17, 15) is 9.59 Å². The van der Waals surface area contributed by atoms with Crippen molar-refractivity contribution in [2.24, 2.45) is 0 Å². The molecule has 0 spiro atoms. The molecule has 0 aliphatic carbocycles. The average Bonchev–Trinajstić information content (AvgIpc) is 2.59. The van der Waals surface area contributed by atoms with Crippen molar-refractivity contribution in [1.29, 1.82) is 0 Å². The second kappa shape index (κ2) is 7.65. The topological polar surface area (TPSA) is 95.5 Å². The molecule has 1 amide bonds. The molecule has 2 heterocycles. The van der Waals surface area contributed by atoms with Crippen LogP contribution in [0.1, 0.15) is 18.7 Å². The van der Waals surface area contributed by atoms with Crippen LogP contribution < -0.4 is 10.3 Å². The van der Waals surface area contributed by atoms with Crippen LogP contribution in [-0.2, 0) is 5.75 Å². The summed E-state index contributed by atoms with van der Waals surface area (Å²) in [5, 5.41) is 9.84. The van der Waals surface area contributed by atoms with Gasteiger partial charge >= 0.3 is 6.09 Å². The zero-order valence-electron chi connectivity index (χ0n) is 13.6. The van der Waals surface area contributed by atoms with Crippen LogP contribution in [0.15, 0.2) is 21.4 Å². The predicted octanol–water partition coefficient (Wildman–Crippen LogP) is 3.07. The highest BCUT2D eigenvalue weighted by Gasteiger charge is 2.22. The molecule has 1 aromatic heterocycles. The molecule has 0 radical (unpaired) electrons. The van der Waals surface area contributed by atoms with Gasteiger partial charge in [-0.25, -0.2) is 9.78 Å². The third kappa shape index (κ3) is 4.09. The van der Waals surface area contributed by atoms with Crippen LogP contribution in [-0.4, -0.2) is 51.5 Å². The lowest BCUT2D eigenvalue weighted by Crippen LogP contribution is -2.38. The first-order valence-electron chi connectivity index (χ1n) is 7.84. The molecule has 1 fully saturated rings. The van der Waals surface area contributed by atoms with Crippen molar-refractivity contribution in [1.82, 2.24) is 14.9 Å². The molecule has 1 saturated heterocycles. The van der Waals surface area contributed by atoms with Crippen LogP contribution in [0.3, 0.4) is 0 Å². The molecule has 1 aliphatic heterocycles. The number of aromatic nitrogens is 2. The second-order valence-corrected chi connectivity index (χ2v) is 7.94. The third-order valence-corrected chi connectivity index (χ3v) is 6.20. The van der Waals surface area contributed by atoms with Crippen molar-refractivity contribution in [3.8, 4) is 5.75 Å². The number of hydrogen-bond donors (Lipinski definition) is 2. The van der Waals surface area contributed by atoms with E-state index in [1.807, 2.05) is 0 Å². The van der Waals surface area contributed by atoms with E-state index >= 15 is 0 Å². The van der Waals surface area contributed by atoms with Crippen LogP contribution in [0.5, 0.6) is 5.75 Å². The van der Waals surface area contributed by atoms with Crippen LogP contribution in [0, 0.1) is 0 Å². The molecule has 2 aromatic rings. The van der Waals surface area contributed by atoms with Gasteiger partial charge in [0, 0.05) is 18.3 Å². The van der Waals surface area contributed by atoms with E-state index in [1.165, 1.54) is 4.90 Å². The van der Waals surface area contributed by atoms with Crippen LogP contribution in [0.2, 0.25) is 0 Å². The number of amides is 1. The SMILES string of the molecule is COc1cc2c(=O)[nH]c(CSC3CCN(C(=O)O)CC3)nc2cc1Br. The van der Waals surface area contributed by atoms with E-state index < -0.39 is 6.09 Å². The van der Waals surface area contributed by atoms with Crippen molar-refractivity contribution in [3.05, 3.63) is 32.8 Å². The van der Waals surface area contributed by atoms with Gasteiger partial charge in [-0.2, -0.15) is 11.8 Å². The highest BCUT2D eigenvalue weighted by molar-refractivity contribution is 9.10. The lowest BCUT2D eigenvalue weighted by molar-refractivity contribution is 0.136. The largest absolute Gasteiger partial charge is 0.496 e. The molecule has 1 aromatic carbocycles. The number of likely N-dealkylation sites (tertiary alicyclic amines) is 1. The summed E-state index contributed by atoms with van der Waals surface area (Å²) < 4.78 is 5.96. The first-order chi connectivity index (χ1) is 12.0. The van der Waals surface area contributed by atoms with Gasteiger partial charge in [0.1, 0.15) is 11.6 Å². The number of thioether (sulfide) groups is 1. The first-order valence-corrected chi connectivity index (χ1v) is 9.68. The number of carbonyl (C=O) groups is 1. The number of nitrogens with one attached hydrogen (secondary N) is 1. The number of fused-ring (bicyclic) bond motifs is 1. The van der Waals surface area contributed by atoms with Gasteiger partial charge in [-0.05, 0) is 40.9 Å². The number of aromatic amines is 1. The number of ether oxygens (including phenoxy) is 1. The summed E-state index contributed by atoms with van der Waals surface area (Å²) in [5.74, 6) is 1.80. The molecule has 0 bridgehead atoms. The molecule has 134 valence electrons. The van der Waals surface area contributed by atoms with E-state index in [0.29, 0.717) is 46.6 Å². The molecule has 7 nitrogen and oxygen atoms in total.